The highest BCUT2D eigenvalue weighted by Gasteiger charge is 2.29. The first kappa shape index (κ1) is 16.0. The van der Waals surface area contributed by atoms with Crippen LogP contribution < -0.4 is 11.1 Å². The predicted molar refractivity (Wildman–Crippen MR) is 82.3 cm³/mol. The molecule has 0 radical (unpaired) electrons. The Morgan fingerprint density at radius 1 is 1.24 bits per heavy atom. The lowest BCUT2D eigenvalue weighted by atomic mass is 9.80. The van der Waals surface area contributed by atoms with Gasteiger partial charge < -0.3 is 11.1 Å². The molecule has 116 valence electrons. The lowest BCUT2D eigenvalue weighted by Crippen LogP contribution is -2.45. The maximum atomic E-state index is 13.6. The second-order valence-corrected chi connectivity index (χ2v) is 6.42. The number of aryl methyl sites for hydroxylation is 2. The summed E-state index contributed by atoms with van der Waals surface area (Å²) in [7, 11) is 0. The van der Waals surface area contributed by atoms with E-state index in [1.54, 1.807) is 26.0 Å². The zero-order chi connectivity index (χ0) is 15.5. The topological polar surface area (TPSA) is 55.1 Å². The van der Waals surface area contributed by atoms with E-state index in [4.69, 9.17) is 5.73 Å². The first-order valence-corrected chi connectivity index (χ1v) is 7.71. The standard InChI is InChI=1S/C17H25FN2O/c1-12-8-14(9-13(2)16(12)18)11-20-15(21)10-17(19)6-4-3-5-7-17/h8-9H,3-7,10-11,19H2,1-2H3,(H,20,21). The summed E-state index contributed by atoms with van der Waals surface area (Å²) in [5, 5.41) is 2.90. The number of carbonyl (C=O) groups excluding carboxylic acids is 1. The zero-order valence-electron chi connectivity index (χ0n) is 13.0. The Bertz CT molecular complexity index is 499. The minimum atomic E-state index is -0.336. The number of amides is 1. The third kappa shape index (κ3) is 4.27. The molecule has 1 amide bonds. The molecule has 0 saturated heterocycles. The van der Waals surface area contributed by atoms with E-state index in [9.17, 15) is 9.18 Å². The Labute approximate surface area is 126 Å². The van der Waals surface area contributed by atoms with Crippen molar-refractivity contribution in [2.24, 2.45) is 5.73 Å². The van der Waals surface area contributed by atoms with Crippen LogP contribution in [0.1, 0.15) is 55.2 Å². The highest BCUT2D eigenvalue weighted by molar-refractivity contribution is 5.77. The Morgan fingerprint density at radius 3 is 2.38 bits per heavy atom. The molecule has 1 aliphatic carbocycles. The molecule has 1 aromatic carbocycles. The molecule has 0 unspecified atom stereocenters. The van der Waals surface area contributed by atoms with E-state index >= 15 is 0 Å². The fraction of sp³-hybridized carbons (Fsp3) is 0.588. The van der Waals surface area contributed by atoms with E-state index in [1.807, 2.05) is 0 Å². The molecule has 21 heavy (non-hydrogen) atoms. The second kappa shape index (κ2) is 6.56. The van der Waals surface area contributed by atoms with Gasteiger partial charge in [0.05, 0.1) is 0 Å². The van der Waals surface area contributed by atoms with E-state index in [1.165, 1.54) is 6.42 Å². The van der Waals surface area contributed by atoms with Crippen LogP contribution in [-0.4, -0.2) is 11.4 Å². The van der Waals surface area contributed by atoms with E-state index in [2.05, 4.69) is 5.32 Å². The summed E-state index contributed by atoms with van der Waals surface area (Å²) in [4.78, 5) is 12.1. The maximum absolute atomic E-state index is 13.6. The Kier molecular flexibility index (Phi) is 4.99. The van der Waals surface area contributed by atoms with Gasteiger partial charge >= 0.3 is 0 Å². The normalized spacial score (nSPS) is 17.5. The summed E-state index contributed by atoms with van der Waals surface area (Å²) < 4.78 is 13.6. The van der Waals surface area contributed by atoms with Gasteiger partial charge in [-0.15, -0.1) is 0 Å². The molecule has 2 rings (SSSR count). The van der Waals surface area contributed by atoms with E-state index in [0.29, 0.717) is 24.1 Å². The summed E-state index contributed by atoms with van der Waals surface area (Å²) in [5.74, 6) is -0.188. The number of benzene rings is 1. The van der Waals surface area contributed by atoms with Crippen molar-refractivity contribution >= 4 is 5.91 Å². The van der Waals surface area contributed by atoms with Crippen LogP contribution in [0.5, 0.6) is 0 Å². The zero-order valence-corrected chi connectivity index (χ0v) is 13.0. The molecule has 1 aromatic rings. The second-order valence-electron chi connectivity index (χ2n) is 6.42. The predicted octanol–water partition coefficient (Wildman–Crippen LogP) is 3.11. The first-order valence-electron chi connectivity index (χ1n) is 7.71. The number of halogens is 1. The molecule has 0 atom stereocenters. The smallest absolute Gasteiger partial charge is 0.222 e. The lowest BCUT2D eigenvalue weighted by molar-refractivity contribution is -0.122. The van der Waals surface area contributed by atoms with Gasteiger partial charge in [0.1, 0.15) is 5.82 Å². The average molecular weight is 292 g/mol. The summed E-state index contributed by atoms with van der Waals surface area (Å²) in [6.07, 6.45) is 5.67. The Morgan fingerprint density at radius 2 is 1.81 bits per heavy atom. The van der Waals surface area contributed by atoms with Crippen molar-refractivity contribution in [1.29, 1.82) is 0 Å². The molecule has 0 aliphatic heterocycles. The molecular formula is C17H25FN2O. The average Bonchev–Trinajstić information content (AvgIpc) is 2.42. The number of nitrogens with one attached hydrogen (secondary N) is 1. The first-order chi connectivity index (χ1) is 9.89. The SMILES string of the molecule is Cc1cc(CNC(=O)CC2(N)CCCCC2)cc(C)c1F. The quantitative estimate of drug-likeness (QED) is 0.896. The van der Waals surface area contributed by atoms with Crippen LogP contribution in [0, 0.1) is 19.7 Å². The molecule has 3 nitrogen and oxygen atoms in total. The van der Waals surface area contributed by atoms with Crippen molar-refractivity contribution in [2.45, 2.75) is 64.5 Å². The minimum absolute atomic E-state index is 0.0148. The van der Waals surface area contributed by atoms with Crippen LogP contribution in [0.4, 0.5) is 4.39 Å². The van der Waals surface area contributed by atoms with E-state index in [-0.39, 0.29) is 17.3 Å². The van der Waals surface area contributed by atoms with Crippen LogP contribution in [0.15, 0.2) is 12.1 Å². The fourth-order valence-electron chi connectivity index (χ4n) is 3.15. The molecule has 1 aliphatic rings. The molecule has 3 N–H and O–H groups in total. The van der Waals surface area contributed by atoms with Crippen molar-refractivity contribution in [3.63, 3.8) is 0 Å². The van der Waals surface area contributed by atoms with E-state index < -0.39 is 0 Å². The highest BCUT2D eigenvalue weighted by Crippen LogP contribution is 2.28. The van der Waals surface area contributed by atoms with Gasteiger partial charge in [0.2, 0.25) is 5.91 Å². The minimum Gasteiger partial charge on any atom is -0.352 e. The molecular weight excluding hydrogens is 267 g/mol. The van der Waals surface area contributed by atoms with Crippen LogP contribution in [0.25, 0.3) is 0 Å². The van der Waals surface area contributed by atoms with Crippen LogP contribution in [0.3, 0.4) is 0 Å². The van der Waals surface area contributed by atoms with Crippen molar-refractivity contribution in [3.8, 4) is 0 Å². The van der Waals surface area contributed by atoms with Crippen LogP contribution in [0.2, 0.25) is 0 Å². The largest absolute Gasteiger partial charge is 0.352 e. The van der Waals surface area contributed by atoms with Gasteiger partial charge in [0.25, 0.3) is 0 Å². The molecule has 0 spiro atoms. The molecule has 0 heterocycles. The summed E-state index contributed by atoms with van der Waals surface area (Å²) in [6.45, 7) is 3.91. The van der Waals surface area contributed by atoms with Gasteiger partial charge in [-0.1, -0.05) is 31.4 Å². The maximum Gasteiger partial charge on any atom is 0.222 e. The molecule has 1 fully saturated rings. The van der Waals surface area contributed by atoms with Gasteiger partial charge in [-0.2, -0.15) is 0 Å². The van der Waals surface area contributed by atoms with Crippen LogP contribution >= 0.6 is 0 Å². The van der Waals surface area contributed by atoms with Gasteiger partial charge in [-0.05, 0) is 43.4 Å². The summed E-state index contributed by atoms with van der Waals surface area (Å²) in [6, 6.07) is 3.56. The van der Waals surface area contributed by atoms with Crippen molar-refractivity contribution in [3.05, 3.63) is 34.6 Å². The van der Waals surface area contributed by atoms with Gasteiger partial charge in [-0.3, -0.25) is 4.79 Å². The molecule has 1 saturated carbocycles. The number of rotatable bonds is 4. The number of hydrogen-bond donors (Lipinski definition) is 2. The van der Waals surface area contributed by atoms with Gasteiger partial charge in [-0.25, -0.2) is 4.39 Å². The molecule has 0 aromatic heterocycles. The third-order valence-electron chi connectivity index (χ3n) is 4.35. The number of hydrogen-bond acceptors (Lipinski definition) is 2. The Hall–Kier alpha value is -1.42. The highest BCUT2D eigenvalue weighted by atomic mass is 19.1. The van der Waals surface area contributed by atoms with Crippen molar-refractivity contribution in [2.75, 3.05) is 0 Å². The lowest BCUT2D eigenvalue weighted by Gasteiger charge is -2.32. The number of nitrogens with two attached hydrogens (primary N) is 1. The third-order valence-corrected chi connectivity index (χ3v) is 4.35. The molecule has 0 bridgehead atoms. The van der Waals surface area contributed by atoms with Crippen molar-refractivity contribution < 1.29 is 9.18 Å². The van der Waals surface area contributed by atoms with Crippen molar-refractivity contribution in [1.82, 2.24) is 5.32 Å². The Balaban J connectivity index is 1.89. The van der Waals surface area contributed by atoms with Gasteiger partial charge in [0, 0.05) is 18.5 Å². The monoisotopic (exact) mass is 292 g/mol. The summed E-state index contributed by atoms with van der Waals surface area (Å²) in [5.41, 5.74) is 8.10. The van der Waals surface area contributed by atoms with Crippen LogP contribution in [-0.2, 0) is 11.3 Å². The molecule has 4 heteroatoms. The van der Waals surface area contributed by atoms with E-state index in [0.717, 1.165) is 31.2 Å². The van der Waals surface area contributed by atoms with Gasteiger partial charge in [0.15, 0.2) is 0 Å². The summed E-state index contributed by atoms with van der Waals surface area (Å²) >= 11 is 0. The number of carbonyl (C=O) groups is 1. The fourth-order valence-corrected chi connectivity index (χ4v) is 3.15.